The quantitative estimate of drug-likeness (QED) is 0.599. The molecule has 0 spiro atoms. The van der Waals surface area contributed by atoms with E-state index in [4.69, 9.17) is 10.8 Å². The highest BCUT2D eigenvalue weighted by Gasteiger charge is 2.37. The minimum Gasteiger partial charge on any atom is -0.480 e. The number of nitrogens with two attached hydrogens (primary N) is 1. The predicted octanol–water partition coefficient (Wildman–Crippen LogP) is 0.171. The summed E-state index contributed by atoms with van der Waals surface area (Å²) in [4.78, 5) is 34.3. The first-order valence-electron chi connectivity index (χ1n) is 6.78. The summed E-state index contributed by atoms with van der Waals surface area (Å²) in [6, 6.07) is -1.12. The molecule has 0 aromatic heterocycles. The highest BCUT2D eigenvalue weighted by molar-refractivity contribution is 5.90. The summed E-state index contributed by atoms with van der Waals surface area (Å²) in [6.45, 7) is 0. The van der Waals surface area contributed by atoms with E-state index < -0.39 is 29.4 Å². The molecule has 0 bridgehead atoms. The zero-order valence-electron chi connectivity index (χ0n) is 11.7. The van der Waals surface area contributed by atoms with Gasteiger partial charge in [-0.15, -0.1) is 0 Å². The number of hydrogen-bond donors (Lipinski definition) is 3. The molecule has 1 aliphatic rings. The van der Waals surface area contributed by atoms with Gasteiger partial charge in [0.05, 0.1) is 12.6 Å². The van der Waals surface area contributed by atoms with Gasteiger partial charge in [-0.3, -0.25) is 9.59 Å². The molecule has 1 amide bonds. The molecule has 7 nitrogen and oxygen atoms in total. The van der Waals surface area contributed by atoms with E-state index >= 15 is 0 Å². The Morgan fingerprint density at radius 3 is 2.40 bits per heavy atom. The van der Waals surface area contributed by atoms with Crippen LogP contribution < -0.4 is 11.1 Å². The molecule has 20 heavy (non-hydrogen) atoms. The van der Waals surface area contributed by atoms with Crippen molar-refractivity contribution in [2.24, 2.45) is 5.73 Å². The molecular formula is C13H22N2O5. The average molecular weight is 286 g/mol. The van der Waals surface area contributed by atoms with Gasteiger partial charge < -0.3 is 20.9 Å². The number of carbonyl (C=O) groups is 3. The van der Waals surface area contributed by atoms with Crippen molar-refractivity contribution in [3.8, 4) is 0 Å². The number of rotatable bonds is 6. The van der Waals surface area contributed by atoms with Gasteiger partial charge in [-0.05, 0) is 19.3 Å². The van der Waals surface area contributed by atoms with E-state index in [9.17, 15) is 14.4 Å². The van der Waals surface area contributed by atoms with Gasteiger partial charge in [0.1, 0.15) is 6.04 Å². The normalized spacial score (nSPS) is 18.9. The van der Waals surface area contributed by atoms with Crippen LogP contribution in [-0.4, -0.2) is 41.6 Å². The molecule has 0 aromatic carbocycles. The van der Waals surface area contributed by atoms with Gasteiger partial charge in [-0.2, -0.15) is 0 Å². The molecule has 7 heteroatoms. The van der Waals surface area contributed by atoms with Crippen LogP contribution in [0, 0.1) is 0 Å². The largest absolute Gasteiger partial charge is 0.480 e. The second-order valence-electron chi connectivity index (χ2n) is 5.20. The fourth-order valence-corrected chi connectivity index (χ4v) is 2.33. The van der Waals surface area contributed by atoms with Gasteiger partial charge in [-0.1, -0.05) is 19.3 Å². The molecular weight excluding hydrogens is 264 g/mol. The van der Waals surface area contributed by atoms with E-state index in [2.05, 4.69) is 10.1 Å². The Balaban J connectivity index is 2.58. The predicted molar refractivity (Wildman–Crippen MR) is 70.8 cm³/mol. The van der Waals surface area contributed by atoms with Crippen LogP contribution in [0.1, 0.15) is 44.9 Å². The third-order valence-electron chi connectivity index (χ3n) is 3.67. The molecule has 1 fully saturated rings. The average Bonchev–Trinajstić information content (AvgIpc) is 2.43. The van der Waals surface area contributed by atoms with Crippen LogP contribution in [0.3, 0.4) is 0 Å². The first kappa shape index (κ1) is 16.4. The molecule has 1 atom stereocenters. The molecule has 1 aliphatic carbocycles. The fourth-order valence-electron chi connectivity index (χ4n) is 2.33. The van der Waals surface area contributed by atoms with Crippen molar-refractivity contribution in [1.82, 2.24) is 5.32 Å². The first-order valence-corrected chi connectivity index (χ1v) is 6.78. The molecule has 4 N–H and O–H groups in total. The van der Waals surface area contributed by atoms with Gasteiger partial charge in [-0.25, -0.2) is 4.79 Å². The minimum atomic E-state index is -1.18. The Labute approximate surface area is 117 Å². The number of nitrogens with one attached hydrogen (secondary N) is 1. The van der Waals surface area contributed by atoms with E-state index in [-0.39, 0.29) is 12.8 Å². The Morgan fingerprint density at radius 1 is 1.30 bits per heavy atom. The van der Waals surface area contributed by atoms with Crippen molar-refractivity contribution in [2.45, 2.75) is 56.5 Å². The molecule has 1 rings (SSSR count). The van der Waals surface area contributed by atoms with Gasteiger partial charge in [0, 0.05) is 6.42 Å². The topological polar surface area (TPSA) is 119 Å². The summed E-state index contributed by atoms with van der Waals surface area (Å²) in [6.07, 6.45) is 3.81. The monoisotopic (exact) mass is 286 g/mol. The number of ether oxygens (including phenoxy) is 1. The number of carboxylic acids is 1. The van der Waals surface area contributed by atoms with Crippen LogP contribution in [0.5, 0.6) is 0 Å². The lowest BCUT2D eigenvalue weighted by Crippen LogP contribution is -2.58. The second-order valence-corrected chi connectivity index (χ2v) is 5.20. The van der Waals surface area contributed by atoms with Crippen molar-refractivity contribution in [3.63, 3.8) is 0 Å². The van der Waals surface area contributed by atoms with Gasteiger partial charge in [0.15, 0.2) is 0 Å². The molecule has 0 aromatic rings. The van der Waals surface area contributed by atoms with Crippen molar-refractivity contribution in [2.75, 3.05) is 7.11 Å². The zero-order valence-corrected chi connectivity index (χ0v) is 11.7. The maximum Gasteiger partial charge on any atom is 0.326 e. The third-order valence-corrected chi connectivity index (χ3v) is 3.67. The molecule has 0 aliphatic heterocycles. The summed E-state index contributed by atoms with van der Waals surface area (Å²) in [7, 11) is 1.23. The number of amides is 1. The summed E-state index contributed by atoms with van der Waals surface area (Å²) in [5, 5.41) is 11.5. The van der Waals surface area contributed by atoms with Gasteiger partial charge in [0.2, 0.25) is 5.91 Å². The van der Waals surface area contributed by atoms with Crippen molar-refractivity contribution < 1.29 is 24.2 Å². The van der Waals surface area contributed by atoms with E-state index in [0.29, 0.717) is 12.8 Å². The van der Waals surface area contributed by atoms with Crippen LogP contribution in [-0.2, 0) is 19.1 Å². The molecule has 0 saturated heterocycles. The van der Waals surface area contributed by atoms with E-state index in [1.54, 1.807) is 0 Å². The molecule has 1 unspecified atom stereocenters. The Bertz CT molecular complexity index is 377. The zero-order chi connectivity index (χ0) is 15.2. The van der Waals surface area contributed by atoms with Crippen molar-refractivity contribution in [3.05, 3.63) is 0 Å². The number of carboxylic acid groups (broad SMARTS) is 1. The van der Waals surface area contributed by atoms with E-state index in [0.717, 1.165) is 19.3 Å². The number of esters is 1. The van der Waals surface area contributed by atoms with Crippen LogP contribution in [0.4, 0.5) is 0 Å². The Kier molecular flexibility index (Phi) is 5.94. The minimum absolute atomic E-state index is 0.0101. The third kappa shape index (κ3) is 4.48. The van der Waals surface area contributed by atoms with Crippen molar-refractivity contribution >= 4 is 17.8 Å². The summed E-state index contributed by atoms with van der Waals surface area (Å²) >= 11 is 0. The van der Waals surface area contributed by atoms with Gasteiger partial charge in [0.25, 0.3) is 0 Å². The lowest BCUT2D eigenvalue weighted by Gasteiger charge is -2.32. The molecule has 0 heterocycles. The highest BCUT2D eigenvalue weighted by Crippen LogP contribution is 2.26. The summed E-state index contributed by atoms with van der Waals surface area (Å²) in [5.41, 5.74) is 5.05. The SMILES string of the molecule is COC(=O)CCC(NC(=O)C1(N)CCCCC1)C(=O)O. The lowest BCUT2D eigenvalue weighted by molar-refractivity contribution is -0.145. The smallest absolute Gasteiger partial charge is 0.326 e. The number of hydrogen-bond acceptors (Lipinski definition) is 5. The number of methoxy groups -OCH3 is 1. The molecule has 114 valence electrons. The maximum atomic E-state index is 12.1. The van der Waals surface area contributed by atoms with Crippen LogP contribution in [0.25, 0.3) is 0 Å². The van der Waals surface area contributed by atoms with Crippen molar-refractivity contribution in [1.29, 1.82) is 0 Å². The molecule has 1 saturated carbocycles. The first-order chi connectivity index (χ1) is 9.39. The van der Waals surface area contributed by atoms with Gasteiger partial charge >= 0.3 is 11.9 Å². The van der Waals surface area contributed by atoms with E-state index in [1.807, 2.05) is 0 Å². The molecule has 0 radical (unpaired) electrons. The van der Waals surface area contributed by atoms with Crippen LogP contribution >= 0.6 is 0 Å². The lowest BCUT2D eigenvalue weighted by atomic mass is 9.81. The Morgan fingerprint density at radius 2 is 1.90 bits per heavy atom. The number of aliphatic carboxylic acids is 1. The second kappa shape index (κ2) is 7.23. The summed E-state index contributed by atoms with van der Waals surface area (Å²) in [5.74, 6) is -2.14. The maximum absolute atomic E-state index is 12.1. The summed E-state index contributed by atoms with van der Waals surface area (Å²) < 4.78 is 4.45. The Hall–Kier alpha value is -1.63. The standard InChI is InChI=1S/C13H22N2O5/c1-20-10(16)6-5-9(11(17)18)15-12(19)13(14)7-3-2-4-8-13/h9H,2-8,14H2,1H3,(H,15,19)(H,17,18). The number of carbonyl (C=O) groups excluding carboxylic acids is 2. The van der Waals surface area contributed by atoms with E-state index in [1.165, 1.54) is 7.11 Å². The highest BCUT2D eigenvalue weighted by atomic mass is 16.5. The fraction of sp³-hybridized carbons (Fsp3) is 0.769. The van der Waals surface area contributed by atoms with Crippen LogP contribution in [0.2, 0.25) is 0 Å². The van der Waals surface area contributed by atoms with Crippen LogP contribution in [0.15, 0.2) is 0 Å².